The van der Waals surface area contributed by atoms with Gasteiger partial charge in [0.1, 0.15) is 18.1 Å². The van der Waals surface area contributed by atoms with E-state index in [0.29, 0.717) is 36.0 Å². The summed E-state index contributed by atoms with van der Waals surface area (Å²) in [4.78, 5) is 17.4. The summed E-state index contributed by atoms with van der Waals surface area (Å²) in [6, 6.07) is 12.2. The van der Waals surface area contributed by atoms with Crippen LogP contribution in [0.4, 0.5) is 0 Å². The lowest BCUT2D eigenvalue weighted by Gasteiger charge is -2.40. The molecule has 0 radical (unpaired) electrons. The molecule has 0 spiro atoms. The van der Waals surface area contributed by atoms with E-state index in [9.17, 15) is 4.79 Å². The highest BCUT2D eigenvalue weighted by atomic mass is 16.5. The second kappa shape index (κ2) is 7.39. The Bertz CT molecular complexity index is 785. The zero-order valence-electron chi connectivity index (χ0n) is 16.4. The number of aryl methyl sites for hydroxylation is 1. The summed E-state index contributed by atoms with van der Waals surface area (Å²) in [6.45, 7) is 3.92. The minimum Gasteiger partial charge on any atom is -0.486 e. The zero-order chi connectivity index (χ0) is 19.0. The molecular formula is C22H28N2O3. The number of furan rings is 1. The fourth-order valence-electron chi connectivity index (χ4n) is 4.85. The van der Waals surface area contributed by atoms with Gasteiger partial charge in [-0.3, -0.25) is 4.79 Å². The van der Waals surface area contributed by atoms with E-state index in [2.05, 4.69) is 19.0 Å². The molecule has 1 aliphatic carbocycles. The standard InChI is InChI=1S/C22H28N2O3/c1-15-11-19(14-26-18-7-5-4-6-8-18)27-21(15)22(25)24-12-16-9-10-17(13-24)20(16)23(2)3/h4-8,11,16-17,20H,9-10,12-14H2,1-3H3/t16-,17+,20?. The third kappa shape index (κ3) is 3.61. The van der Waals surface area contributed by atoms with Crippen molar-refractivity contribution < 1.29 is 13.9 Å². The highest BCUT2D eigenvalue weighted by Gasteiger charge is 2.44. The number of piperidine rings is 1. The molecule has 1 aromatic heterocycles. The van der Waals surface area contributed by atoms with Crippen LogP contribution in [0.25, 0.3) is 0 Å². The second-order valence-corrected chi connectivity index (χ2v) is 8.09. The van der Waals surface area contributed by atoms with Crippen LogP contribution in [0.5, 0.6) is 5.75 Å². The van der Waals surface area contributed by atoms with Crippen molar-refractivity contribution in [2.45, 2.75) is 32.4 Å². The highest BCUT2D eigenvalue weighted by Crippen LogP contribution is 2.39. The number of hydrogen-bond acceptors (Lipinski definition) is 4. The summed E-state index contributed by atoms with van der Waals surface area (Å²) in [7, 11) is 4.31. The number of ether oxygens (including phenoxy) is 1. The van der Waals surface area contributed by atoms with Crippen LogP contribution >= 0.6 is 0 Å². The molecule has 5 heteroatoms. The second-order valence-electron chi connectivity index (χ2n) is 8.09. The number of para-hydroxylation sites is 1. The molecule has 144 valence electrons. The number of nitrogens with zero attached hydrogens (tertiary/aromatic N) is 2. The van der Waals surface area contributed by atoms with E-state index in [-0.39, 0.29) is 5.91 Å². The summed E-state index contributed by atoms with van der Waals surface area (Å²) in [5.74, 6) is 3.10. The third-order valence-electron chi connectivity index (χ3n) is 5.95. The van der Waals surface area contributed by atoms with Crippen LogP contribution in [0, 0.1) is 18.8 Å². The third-order valence-corrected chi connectivity index (χ3v) is 5.95. The average molecular weight is 368 g/mol. The lowest BCUT2D eigenvalue weighted by molar-refractivity contribution is 0.0457. The van der Waals surface area contributed by atoms with Crippen molar-refractivity contribution in [3.8, 4) is 5.75 Å². The zero-order valence-corrected chi connectivity index (χ0v) is 16.4. The van der Waals surface area contributed by atoms with Crippen LogP contribution in [0.3, 0.4) is 0 Å². The maximum Gasteiger partial charge on any atom is 0.289 e. The molecular weight excluding hydrogens is 340 g/mol. The number of fused-ring (bicyclic) bond motifs is 2. The van der Waals surface area contributed by atoms with Gasteiger partial charge in [0.15, 0.2) is 5.76 Å². The molecule has 2 heterocycles. The Labute approximate surface area is 160 Å². The first-order chi connectivity index (χ1) is 13.0. The molecule has 5 nitrogen and oxygen atoms in total. The molecule has 3 atom stereocenters. The predicted octanol–water partition coefficient (Wildman–Crippen LogP) is 3.58. The van der Waals surface area contributed by atoms with E-state index in [1.807, 2.05) is 48.2 Å². The molecule has 1 aromatic carbocycles. The van der Waals surface area contributed by atoms with E-state index in [1.165, 1.54) is 12.8 Å². The van der Waals surface area contributed by atoms with Gasteiger partial charge in [0, 0.05) is 24.7 Å². The van der Waals surface area contributed by atoms with Gasteiger partial charge in [-0.05, 0) is 63.9 Å². The normalized spacial score (nSPS) is 24.4. The molecule has 4 rings (SSSR count). The minimum absolute atomic E-state index is 0.0209. The fourth-order valence-corrected chi connectivity index (χ4v) is 4.85. The smallest absolute Gasteiger partial charge is 0.289 e. The monoisotopic (exact) mass is 368 g/mol. The van der Waals surface area contributed by atoms with Gasteiger partial charge >= 0.3 is 0 Å². The number of carbonyl (C=O) groups is 1. The summed E-state index contributed by atoms with van der Waals surface area (Å²) in [5.41, 5.74) is 0.883. The van der Waals surface area contributed by atoms with E-state index < -0.39 is 0 Å². The Balaban J connectivity index is 1.43. The van der Waals surface area contributed by atoms with Gasteiger partial charge in [0.25, 0.3) is 5.91 Å². The first-order valence-corrected chi connectivity index (χ1v) is 9.76. The topological polar surface area (TPSA) is 45.9 Å². The van der Waals surface area contributed by atoms with Gasteiger partial charge in [0.05, 0.1) is 0 Å². The van der Waals surface area contributed by atoms with Gasteiger partial charge in [-0.15, -0.1) is 0 Å². The number of carbonyl (C=O) groups excluding carboxylic acids is 1. The summed E-state index contributed by atoms with van der Waals surface area (Å²) >= 11 is 0. The molecule has 2 bridgehead atoms. The quantitative estimate of drug-likeness (QED) is 0.809. The van der Waals surface area contributed by atoms with Crippen molar-refractivity contribution in [3.05, 3.63) is 53.5 Å². The maximum atomic E-state index is 13.1. The first kappa shape index (κ1) is 18.1. The van der Waals surface area contributed by atoms with E-state index >= 15 is 0 Å². The average Bonchev–Trinajstić information content (AvgIpc) is 3.17. The van der Waals surface area contributed by atoms with Crippen LogP contribution < -0.4 is 4.74 Å². The van der Waals surface area contributed by atoms with Gasteiger partial charge in [-0.2, -0.15) is 0 Å². The SMILES string of the molecule is Cc1cc(COc2ccccc2)oc1C(=O)N1C[C@H]2CC[C@@H](C1)C2N(C)C. The molecule has 1 unspecified atom stereocenters. The maximum absolute atomic E-state index is 13.1. The van der Waals surface area contributed by atoms with Crippen LogP contribution in [0.2, 0.25) is 0 Å². The van der Waals surface area contributed by atoms with Crippen molar-refractivity contribution in [3.63, 3.8) is 0 Å². The Hall–Kier alpha value is -2.27. The Morgan fingerprint density at radius 3 is 2.48 bits per heavy atom. The Morgan fingerprint density at radius 1 is 1.19 bits per heavy atom. The Kier molecular flexibility index (Phi) is 4.96. The fraction of sp³-hybridized carbons (Fsp3) is 0.500. The predicted molar refractivity (Wildman–Crippen MR) is 104 cm³/mol. The Morgan fingerprint density at radius 2 is 1.85 bits per heavy atom. The van der Waals surface area contributed by atoms with Crippen molar-refractivity contribution in [2.75, 3.05) is 27.2 Å². The van der Waals surface area contributed by atoms with Crippen molar-refractivity contribution in [1.82, 2.24) is 9.80 Å². The van der Waals surface area contributed by atoms with Gasteiger partial charge in [-0.1, -0.05) is 18.2 Å². The molecule has 1 saturated carbocycles. The molecule has 2 aliphatic rings. The number of likely N-dealkylation sites (tertiary alicyclic amines) is 1. The van der Waals surface area contributed by atoms with Crippen LogP contribution in [0.15, 0.2) is 40.8 Å². The molecule has 0 N–H and O–H groups in total. The van der Waals surface area contributed by atoms with Crippen LogP contribution in [-0.4, -0.2) is 48.9 Å². The van der Waals surface area contributed by atoms with Crippen LogP contribution in [-0.2, 0) is 6.61 Å². The van der Waals surface area contributed by atoms with Gasteiger partial charge in [-0.25, -0.2) is 0 Å². The molecule has 1 amide bonds. The lowest BCUT2D eigenvalue weighted by atomic mass is 9.91. The largest absolute Gasteiger partial charge is 0.486 e. The number of benzene rings is 1. The van der Waals surface area contributed by atoms with E-state index in [4.69, 9.17) is 9.15 Å². The van der Waals surface area contributed by atoms with Crippen LogP contribution in [0.1, 0.15) is 34.7 Å². The van der Waals surface area contributed by atoms with Crippen molar-refractivity contribution in [1.29, 1.82) is 0 Å². The number of rotatable bonds is 5. The van der Waals surface area contributed by atoms with Gasteiger partial charge in [0.2, 0.25) is 0 Å². The number of amides is 1. The minimum atomic E-state index is 0.0209. The molecule has 2 fully saturated rings. The summed E-state index contributed by atoms with van der Waals surface area (Å²) in [5, 5.41) is 0. The number of hydrogen-bond donors (Lipinski definition) is 0. The molecule has 2 aromatic rings. The highest BCUT2D eigenvalue weighted by molar-refractivity contribution is 5.93. The van der Waals surface area contributed by atoms with E-state index in [1.54, 1.807) is 0 Å². The molecule has 1 aliphatic heterocycles. The summed E-state index contributed by atoms with van der Waals surface area (Å²) < 4.78 is 11.6. The summed E-state index contributed by atoms with van der Waals surface area (Å²) in [6.07, 6.45) is 2.43. The van der Waals surface area contributed by atoms with Crippen molar-refractivity contribution in [2.24, 2.45) is 11.8 Å². The van der Waals surface area contributed by atoms with Gasteiger partial charge < -0.3 is 19.0 Å². The molecule has 27 heavy (non-hydrogen) atoms. The van der Waals surface area contributed by atoms with E-state index in [0.717, 1.165) is 24.4 Å². The lowest BCUT2D eigenvalue weighted by Crippen LogP contribution is -2.52. The van der Waals surface area contributed by atoms with Crippen molar-refractivity contribution >= 4 is 5.91 Å². The molecule has 1 saturated heterocycles. The first-order valence-electron chi connectivity index (χ1n) is 9.76.